The Kier molecular flexibility index (Phi) is 26.4. The molecular weight excluding hydrogens is 459 g/mol. The van der Waals surface area contributed by atoms with Gasteiger partial charge in [0.2, 0.25) is 0 Å². The van der Waals surface area contributed by atoms with E-state index in [0.29, 0.717) is 12.2 Å². The number of ketones is 2. The van der Waals surface area contributed by atoms with Crippen molar-refractivity contribution in [2.45, 2.75) is 167 Å². The standard InChI is InChI=1S/C29H57O5P/c1-2-3-4-5-6-10-13-16-19-22-26(31)23-20-17-14-11-8-7-9-12-15-18-21-24-27(32)29(34-35)28(33)25-30/h28-30,33H,2-25,35H2,1H3. The van der Waals surface area contributed by atoms with Gasteiger partial charge >= 0.3 is 0 Å². The molecule has 0 saturated carbocycles. The van der Waals surface area contributed by atoms with Gasteiger partial charge in [0, 0.05) is 28.7 Å². The lowest BCUT2D eigenvalue weighted by molar-refractivity contribution is -0.131. The molecule has 6 heteroatoms. The first-order chi connectivity index (χ1) is 17.1. The summed E-state index contributed by atoms with van der Waals surface area (Å²) in [5.74, 6) is 0.322. The highest BCUT2D eigenvalue weighted by atomic mass is 31.0. The maximum atomic E-state index is 12.0. The molecule has 0 amide bonds. The minimum atomic E-state index is -1.15. The molecule has 0 aromatic heterocycles. The predicted molar refractivity (Wildman–Crippen MR) is 150 cm³/mol. The SMILES string of the molecule is CCCCCCCCCCCC(=O)CCCCCCCCCCCCCC(=O)C(OP)C(O)CO. The number of unbranched alkanes of at least 4 members (excludes halogenated alkanes) is 18. The van der Waals surface area contributed by atoms with E-state index < -0.39 is 18.8 Å². The molecule has 2 N–H and O–H groups in total. The Morgan fingerprint density at radius 3 is 1.31 bits per heavy atom. The van der Waals surface area contributed by atoms with Crippen LogP contribution in [0, 0.1) is 0 Å². The smallest absolute Gasteiger partial charge is 0.164 e. The minimum absolute atomic E-state index is 0.147. The number of carbonyl (C=O) groups is 2. The number of hydrogen-bond acceptors (Lipinski definition) is 5. The zero-order valence-corrected chi connectivity index (χ0v) is 24.0. The van der Waals surface area contributed by atoms with Crippen LogP contribution in [0.2, 0.25) is 0 Å². The Labute approximate surface area is 218 Å². The first-order valence-corrected chi connectivity index (χ1v) is 15.2. The van der Waals surface area contributed by atoms with Gasteiger partial charge in [0.1, 0.15) is 18.0 Å². The van der Waals surface area contributed by atoms with Crippen molar-refractivity contribution >= 4 is 21.0 Å². The van der Waals surface area contributed by atoms with Gasteiger partial charge in [-0.2, -0.15) is 0 Å². The number of aliphatic hydroxyl groups is 2. The highest BCUT2D eigenvalue weighted by Crippen LogP contribution is 2.16. The lowest BCUT2D eigenvalue weighted by atomic mass is 10.0. The summed E-state index contributed by atoms with van der Waals surface area (Å²) in [6.45, 7) is 1.79. The zero-order valence-electron chi connectivity index (χ0n) is 22.8. The number of Topliss-reactive ketones (excluding diaryl/α,β-unsaturated/α-hetero) is 2. The van der Waals surface area contributed by atoms with Crippen LogP contribution in [0.25, 0.3) is 0 Å². The van der Waals surface area contributed by atoms with Gasteiger partial charge in [0.25, 0.3) is 0 Å². The van der Waals surface area contributed by atoms with Gasteiger partial charge in [0.05, 0.1) is 6.61 Å². The Bertz CT molecular complexity index is 486. The molecule has 0 aliphatic heterocycles. The summed E-state index contributed by atoms with van der Waals surface area (Å²) < 4.78 is 4.91. The molecule has 0 fully saturated rings. The molecule has 208 valence electrons. The third kappa shape index (κ3) is 22.6. The average molecular weight is 517 g/mol. The summed E-state index contributed by atoms with van der Waals surface area (Å²) >= 11 is 0. The Balaban J connectivity index is 3.34. The maximum Gasteiger partial charge on any atom is 0.164 e. The second-order valence-corrected chi connectivity index (χ2v) is 10.6. The highest BCUT2D eigenvalue weighted by molar-refractivity contribution is 7.09. The Morgan fingerprint density at radius 2 is 0.971 bits per heavy atom. The number of rotatable bonds is 28. The van der Waals surface area contributed by atoms with E-state index in [4.69, 9.17) is 9.63 Å². The van der Waals surface area contributed by atoms with E-state index in [1.807, 2.05) is 9.47 Å². The van der Waals surface area contributed by atoms with E-state index in [9.17, 15) is 14.7 Å². The van der Waals surface area contributed by atoms with Crippen molar-refractivity contribution in [1.29, 1.82) is 0 Å². The monoisotopic (exact) mass is 516 g/mol. The van der Waals surface area contributed by atoms with Crippen molar-refractivity contribution in [1.82, 2.24) is 0 Å². The van der Waals surface area contributed by atoms with Crippen LogP contribution >= 0.6 is 9.47 Å². The summed E-state index contributed by atoms with van der Waals surface area (Å²) in [5.41, 5.74) is 0. The van der Waals surface area contributed by atoms with E-state index >= 15 is 0 Å². The Hall–Kier alpha value is -0.350. The second kappa shape index (κ2) is 26.7. The van der Waals surface area contributed by atoms with Crippen LogP contribution in [0.4, 0.5) is 0 Å². The summed E-state index contributed by atoms with van der Waals surface area (Å²) in [7, 11) is 2.00. The number of carbonyl (C=O) groups excluding carboxylic acids is 2. The fourth-order valence-corrected chi connectivity index (χ4v) is 4.92. The van der Waals surface area contributed by atoms with Crippen molar-refractivity contribution in [3.63, 3.8) is 0 Å². The van der Waals surface area contributed by atoms with Crippen LogP contribution in [0.5, 0.6) is 0 Å². The summed E-state index contributed by atoms with van der Waals surface area (Å²) in [4.78, 5) is 24.0. The van der Waals surface area contributed by atoms with Gasteiger partial charge in [0.15, 0.2) is 5.78 Å². The summed E-state index contributed by atoms with van der Waals surface area (Å²) in [6, 6.07) is 0. The first-order valence-electron chi connectivity index (χ1n) is 14.8. The molecule has 0 aromatic carbocycles. The topological polar surface area (TPSA) is 83.8 Å². The minimum Gasteiger partial charge on any atom is -0.394 e. The van der Waals surface area contributed by atoms with Crippen molar-refractivity contribution in [3.05, 3.63) is 0 Å². The van der Waals surface area contributed by atoms with Crippen molar-refractivity contribution in [2.75, 3.05) is 6.61 Å². The molecule has 0 heterocycles. The van der Waals surface area contributed by atoms with Gasteiger partial charge in [-0.15, -0.1) is 0 Å². The number of hydrogen-bond donors (Lipinski definition) is 2. The molecule has 0 aromatic rings. The molecule has 0 aliphatic carbocycles. The molecule has 5 nitrogen and oxygen atoms in total. The highest BCUT2D eigenvalue weighted by Gasteiger charge is 2.25. The van der Waals surface area contributed by atoms with E-state index in [1.165, 1.54) is 96.3 Å². The average Bonchev–Trinajstić information content (AvgIpc) is 2.86. The van der Waals surface area contributed by atoms with Crippen LogP contribution in [0.15, 0.2) is 0 Å². The van der Waals surface area contributed by atoms with Crippen LogP contribution in [-0.2, 0) is 14.1 Å². The van der Waals surface area contributed by atoms with Crippen molar-refractivity contribution in [2.24, 2.45) is 0 Å². The zero-order chi connectivity index (χ0) is 26.0. The third-order valence-electron chi connectivity index (χ3n) is 6.94. The molecular formula is C29H57O5P. The van der Waals surface area contributed by atoms with Crippen LogP contribution in [-0.4, -0.2) is 40.6 Å². The second-order valence-electron chi connectivity index (χ2n) is 10.3. The molecule has 0 rings (SSSR count). The van der Waals surface area contributed by atoms with Crippen LogP contribution in [0.3, 0.4) is 0 Å². The molecule has 3 atom stereocenters. The molecule has 0 aliphatic rings. The third-order valence-corrected chi connectivity index (χ3v) is 7.23. The lowest BCUT2D eigenvalue weighted by Crippen LogP contribution is -2.36. The molecule has 0 spiro atoms. The van der Waals surface area contributed by atoms with Gasteiger partial charge in [-0.25, -0.2) is 0 Å². The van der Waals surface area contributed by atoms with E-state index in [2.05, 4.69) is 6.92 Å². The molecule has 0 bridgehead atoms. The van der Waals surface area contributed by atoms with Gasteiger partial charge in [-0.1, -0.05) is 116 Å². The largest absolute Gasteiger partial charge is 0.394 e. The van der Waals surface area contributed by atoms with Crippen molar-refractivity contribution in [3.8, 4) is 0 Å². The normalized spacial score (nSPS) is 13.1. The molecule has 0 radical (unpaired) electrons. The summed E-state index contributed by atoms with van der Waals surface area (Å²) in [5, 5.41) is 18.5. The fourth-order valence-electron chi connectivity index (χ4n) is 4.59. The maximum absolute atomic E-state index is 12.0. The quantitative estimate of drug-likeness (QED) is 0.0824. The van der Waals surface area contributed by atoms with Crippen LogP contribution < -0.4 is 0 Å². The van der Waals surface area contributed by atoms with E-state index in [-0.39, 0.29) is 5.78 Å². The lowest BCUT2D eigenvalue weighted by Gasteiger charge is -2.18. The fraction of sp³-hybridized carbons (Fsp3) is 0.931. The number of aliphatic hydroxyl groups excluding tert-OH is 2. The van der Waals surface area contributed by atoms with E-state index in [1.54, 1.807) is 0 Å². The van der Waals surface area contributed by atoms with Gasteiger partial charge in [-0.05, 0) is 19.3 Å². The van der Waals surface area contributed by atoms with Crippen molar-refractivity contribution < 1.29 is 24.3 Å². The summed E-state index contributed by atoms with van der Waals surface area (Å²) in [6.07, 6.45) is 24.3. The molecule has 3 unspecified atom stereocenters. The first kappa shape index (κ1) is 34.6. The molecule has 35 heavy (non-hydrogen) atoms. The molecule has 0 saturated heterocycles. The Morgan fingerprint density at radius 1 is 0.629 bits per heavy atom. The van der Waals surface area contributed by atoms with Gasteiger partial charge in [-0.3, -0.25) is 9.59 Å². The van der Waals surface area contributed by atoms with Gasteiger partial charge < -0.3 is 14.7 Å². The van der Waals surface area contributed by atoms with Crippen LogP contribution in [0.1, 0.15) is 155 Å². The predicted octanol–water partition coefficient (Wildman–Crippen LogP) is 7.65. The van der Waals surface area contributed by atoms with E-state index in [0.717, 1.165) is 44.9 Å².